The van der Waals surface area contributed by atoms with Gasteiger partial charge in [0, 0.05) is 5.69 Å². The van der Waals surface area contributed by atoms with E-state index in [0.29, 0.717) is 5.69 Å². The smallest absolute Gasteiger partial charge is 0.329 e. The number of nitrogens with one attached hydrogen (secondary N) is 1. The van der Waals surface area contributed by atoms with Gasteiger partial charge in [-0.3, -0.25) is 19.3 Å². The maximum absolute atomic E-state index is 12.4. The number of hydrogen-bond donors (Lipinski definition) is 1. The first kappa shape index (κ1) is 18.3. The molecule has 2 unspecified atom stereocenters. The number of imide groups is 1. The van der Waals surface area contributed by atoms with Gasteiger partial charge in [0.15, 0.2) is 6.10 Å². The number of hydrogen-bond acceptors (Lipinski definition) is 5. The van der Waals surface area contributed by atoms with E-state index in [1.54, 1.807) is 36.4 Å². The fourth-order valence-electron chi connectivity index (χ4n) is 2.76. The van der Waals surface area contributed by atoms with E-state index in [9.17, 15) is 19.2 Å². The summed E-state index contributed by atoms with van der Waals surface area (Å²) in [5.41, 5.74) is 1.06. The number of para-hydroxylation sites is 1. The fraction of sp³-hybridized carbons (Fsp3) is 0.200. The van der Waals surface area contributed by atoms with E-state index in [-0.39, 0.29) is 11.1 Å². The summed E-state index contributed by atoms with van der Waals surface area (Å²) in [6, 6.07) is 13.9. The monoisotopic (exact) mass is 366 g/mol. The number of rotatable bonds is 5. The highest BCUT2D eigenvalue weighted by atomic mass is 16.5. The molecule has 0 saturated carbocycles. The highest BCUT2D eigenvalue weighted by Gasteiger charge is 2.41. The van der Waals surface area contributed by atoms with E-state index in [1.807, 2.05) is 6.07 Å². The van der Waals surface area contributed by atoms with Crippen LogP contribution in [0.5, 0.6) is 0 Å². The molecule has 1 N–H and O–H groups in total. The summed E-state index contributed by atoms with van der Waals surface area (Å²) < 4.78 is 5.16. The maximum atomic E-state index is 12.4. The molecule has 0 radical (unpaired) electrons. The van der Waals surface area contributed by atoms with Gasteiger partial charge in [-0.25, -0.2) is 4.79 Å². The minimum atomic E-state index is -1.15. The number of anilines is 1. The van der Waals surface area contributed by atoms with E-state index < -0.39 is 35.8 Å². The van der Waals surface area contributed by atoms with E-state index in [2.05, 4.69) is 5.32 Å². The highest BCUT2D eigenvalue weighted by molar-refractivity contribution is 6.22. The molecule has 1 heterocycles. The molecule has 0 spiro atoms. The topological polar surface area (TPSA) is 92.8 Å². The van der Waals surface area contributed by atoms with Crippen molar-refractivity contribution in [1.29, 1.82) is 0 Å². The van der Waals surface area contributed by atoms with Crippen molar-refractivity contribution in [3.05, 3.63) is 65.7 Å². The standard InChI is InChI=1S/C20H18N2O5/c1-12(22-18(24)15-10-6-7-11-16(15)19(22)25)20(26)27-13(2)17(23)21-14-8-4-3-5-9-14/h3-13H,1-2H3,(H,21,23). The lowest BCUT2D eigenvalue weighted by molar-refractivity contribution is -0.156. The number of benzene rings is 2. The van der Waals surface area contributed by atoms with Crippen LogP contribution in [0.15, 0.2) is 54.6 Å². The Bertz CT molecular complexity index is 875. The molecule has 27 heavy (non-hydrogen) atoms. The van der Waals surface area contributed by atoms with Gasteiger partial charge in [-0.05, 0) is 38.1 Å². The first-order chi connectivity index (χ1) is 12.9. The summed E-state index contributed by atoms with van der Waals surface area (Å²) in [5.74, 6) is -2.45. The summed E-state index contributed by atoms with van der Waals surface area (Å²) in [7, 11) is 0. The molecule has 0 fully saturated rings. The van der Waals surface area contributed by atoms with E-state index in [4.69, 9.17) is 4.74 Å². The Balaban J connectivity index is 1.65. The van der Waals surface area contributed by atoms with Crippen molar-refractivity contribution in [2.45, 2.75) is 26.0 Å². The van der Waals surface area contributed by atoms with Crippen molar-refractivity contribution in [2.75, 3.05) is 5.32 Å². The van der Waals surface area contributed by atoms with Gasteiger partial charge >= 0.3 is 5.97 Å². The zero-order chi connectivity index (χ0) is 19.6. The first-order valence-electron chi connectivity index (χ1n) is 8.43. The van der Waals surface area contributed by atoms with Crippen molar-refractivity contribution in [3.63, 3.8) is 0 Å². The first-order valence-corrected chi connectivity index (χ1v) is 8.43. The second-order valence-electron chi connectivity index (χ2n) is 6.14. The van der Waals surface area contributed by atoms with Gasteiger partial charge in [-0.2, -0.15) is 0 Å². The molecule has 2 atom stereocenters. The van der Waals surface area contributed by atoms with Crippen LogP contribution in [0.25, 0.3) is 0 Å². The molecular formula is C20H18N2O5. The van der Waals surface area contributed by atoms with Gasteiger partial charge < -0.3 is 10.1 Å². The number of nitrogens with zero attached hydrogens (tertiary/aromatic N) is 1. The number of ether oxygens (including phenoxy) is 1. The lowest BCUT2D eigenvalue weighted by Gasteiger charge is -2.22. The zero-order valence-corrected chi connectivity index (χ0v) is 14.8. The second kappa shape index (κ2) is 7.41. The quantitative estimate of drug-likeness (QED) is 0.647. The van der Waals surface area contributed by atoms with Gasteiger partial charge in [-0.15, -0.1) is 0 Å². The van der Waals surface area contributed by atoms with Gasteiger partial charge in [0.1, 0.15) is 6.04 Å². The number of fused-ring (bicyclic) bond motifs is 1. The van der Waals surface area contributed by atoms with Crippen LogP contribution in [-0.4, -0.2) is 40.7 Å². The largest absolute Gasteiger partial charge is 0.451 e. The molecule has 0 aromatic heterocycles. The van der Waals surface area contributed by atoms with E-state index in [0.717, 1.165) is 4.90 Å². The molecular weight excluding hydrogens is 348 g/mol. The molecule has 3 rings (SSSR count). The molecule has 2 aromatic rings. The number of carbonyl (C=O) groups is 4. The van der Waals surface area contributed by atoms with Gasteiger partial charge in [0.25, 0.3) is 17.7 Å². The number of amides is 3. The summed E-state index contributed by atoms with van der Waals surface area (Å²) in [4.78, 5) is 50.3. The Labute approximate surface area is 155 Å². The Morgan fingerprint density at radius 2 is 1.41 bits per heavy atom. The van der Waals surface area contributed by atoms with Crippen LogP contribution in [0.1, 0.15) is 34.6 Å². The summed E-state index contributed by atoms with van der Waals surface area (Å²) in [6.45, 7) is 2.82. The molecule has 0 saturated heterocycles. The third-order valence-electron chi connectivity index (χ3n) is 4.26. The summed E-state index contributed by atoms with van der Waals surface area (Å²) in [5, 5.41) is 2.62. The minimum absolute atomic E-state index is 0.247. The van der Waals surface area contributed by atoms with Crippen LogP contribution in [0.2, 0.25) is 0 Å². The lowest BCUT2D eigenvalue weighted by Crippen LogP contribution is -2.45. The van der Waals surface area contributed by atoms with Gasteiger partial charge in [0.2, 0.25) is 0 Å². The van der Waals surface area contributed by atoms with Gasteiger partial charge in [0.05, 0.1) is 11.1 Å². The van der Waals surface area contributed by atoms with Crippen molar-refractivity contribution in [1.82, 2.24) is 4.90 Å². The predicted molar refractivity (Wildman–Crippen MR) is 97.0 cm³/mol. The molecule has 1 aliphatic rings. The summed E-state index contributed by atoms with van der Waals surface area (Å²) >= 11 is 0. The average Bonchev–Trinajstić information content (AvgIpc) is 2.93. The van der Waals surface area contributed by atoms with Crippen LogP contribution in [0, 0.1) is 0 Å². The SMILES string of the molecule is CC(OC(=O)C(C)N1C(=O)c2ccccc2C1=O)C(=O)Nc1ccccc1. The zero-order valence-electron chi connectivity index (χ0n) is 14.8. The lowest BCUT2D eigenvalue weighted by atomic mass is 10.1. The van der Waals surface area contributed by atoms with Crippen molar-refractivity contribution in [2.24, 2.45) is 0 Å². The van der Waals surface area contributed by atoms with Crippen LogP contribution in [0.3, 0.4) is 0 Å². The Morgan fingerprint density at radius 1 is 0.889 bits per heavy atom. The normalized spacial score (nSPS) is 15.1. The van der Waals surface area contributed by atoms with Crippen LogP contribution in [0.4, 0.5) is 5.69 Å². The Morgan fingerprint density at radius 3 is 1.96 bits per heavy atom. The van der Waals surface area contributed by atoms with Crippen LogP contribution >= 0.6 is 0 Å². The molecule has 138 valence electrons. The summed E-state index contributed by atoms with van der Waals surface area (Å²) in [6.07, 6.45) is -1.09. The maximum Gasteiger partial charge on any atom is 0.329 e. The van der Waals surface area contributed by atoms with Crippen molar-refractivity contribution in [3.8, 4) is 0 Å². The van der Waals surface area contributed by atoms with Crippen molar-refractivity contribution < 1.29 is 23.9 Å². The highest BCUT2D eigenvalue weighted by Crippen LogP contribution is 2.25. The fourth-order valence-corrected chi connectivity index (χ4v) is 2.76. The predicted octanol–water partition coefficient (Wildman–Crippen LogP) is 2.24. The molecule has 3 amide bonds. The third-order valence-corrected chi connectivity index (χ3v) is 4.26. The molecule has 0 bridgehead atoms. The number of esters is 1. The molecule has 2 aromatic carbocycles. The third kappa shape index (κ3) is 3.57. The van der Waals surface area contributed by atoms with Crippen LogP contribution < -0.4 is 5.32 Å². The molecule has 1 aliphatic heterocycles. The molecule has 7 nitrogen and oxygen atoms in total. The van der Waals surface area contributed by atoms with E-state index in [1.165, 1.54) is 26.0 Å². The Hall–Kier alpha value is -3.48. The van der Waals surface area contributed by atoms with Gasteiger partial charge in [-0.1, -0.05) is 30.3 Å². The second-order valence-corrected chi connectivity index (χ2v) is 6.14. The van der Waals surface area contributed by atoms with Crippen molar-refractivity contribution >= 4 is 29.4 Å². The number of carbonyl (C=O) groups excluding carboxylic acids is 4. The molecule has 0 aliphatic carbocycles. The minimum Gasteiger partial charge on any atom is -0.451 e. The van der Waals surface area contributed by atoms with Crippen LogP contribution in [-0.2, 0) is 14.3 Å². The van der Waals surface area contributed by atoms with E-state index >= 15 is 0 Å². The molecule has 7 heteroatoms. The Kier molecular flexibility index (Phi) is 5.03. The average molecular weight is 366 g/mol.